The predicted octanol–water partition coefficient (Wildman–Crippen LogP) is 9.55. The summed E-state index contributed by atoms with van der Waals surface area (Å²) in [6, 6.07) is 9.19. The van der Waals surface area contributed by atoms with E-state index >= 15 is 0 Å². The van der Waals surface area contributed by atoms with Gasteiger partial charge in [-0.15, -0.1) is 0 Å². The van der Waals surface area contributed by atoms with Crippen molar-refractivity contribution in [3.8, 4) is 5.75 Å². The molecule has 4 rings (SSSR count). The minimum Gasteiger partial charge on any atom is -0.493 e. The fourth-order valence-electron chi connectivity index (χ4n) is 7.43. The third-order valence-corrected chi connectivity index (χ3v) is 9.53. The van der Waals surface area contributed by atoms with Gasteiger partial charge in [-0.1, -0.05) is 64.5 Å². The minimum atomic E-state index is 0.774. The Kier molecular flexibility index (Phi) is 9.42. The second-order valence-corrected chi connectivity index (χ2v) is 11.7. The lowest BCUT2D eigenvalue weighted by Gasteiger charge is -2.37. The lowest BCUT2D eigenvalue weighted by atomic mass is 9.69. The zero-order chi connectivity index (χ0) is 22.2. The summed E-state index contributed by atoms with van der Waals surface area (Å²) in [7, 11) is 0. The summed E-state index contributed by atoms with van der Waals surface area (Å²) in [5, 5.41) is 0. The molecule has 1 heteroatoms. The Bertz CT molecular complexity index is 625. The Morgan fingerprint density at radius 2 is 1.06 bits per heavy atom. The SMILES string of the molecule is CCCC1CCC(c2ccc(OCC3CCC(C4CCC(CCC)CC4)CC3)cc2)CC1. The van der Waals surface area contributed by atoms with Crippen LogP contribution >= 0.6 is 0 Å². The van der Waals surface area contributed by atoms with Gasteiger partial charge >= 0.3 is 0 Å². The molecule has 0 radical (unpaired) electrons. The molecule has 180 valence electrons. The van der Waals surface area contributed by atoms with Gasteiger partial charge in [0.25, 0.3) is 0 Å². The fourth-order valence-corrected chi connectivity index (χ4v) is 7.43. The topological polar surface area (TPSA) is 9.23 Å². The molecule has 1 aromatic rings. The summed E-state index contributed by atoms with van der Waals surface area (Å²) < 4.78 is 6.26. The van der Waals surface area contributed by atoms with Gasteiger partial charge in [-0.3, -0.25) is 0 Å². The number of hydrogen-bond donors (Lipinski definition) is 0. The van der Waals surface area contributed by atoms with Crippen molar-refractivity contribution in [1.82, 2.24) is 0 Å². The molecule has 0 aromatic heterocycles. The van der Waals surface area contributed by atoms with E-state index < -0.39 is 0 Å². The summed E-state index contributed by atoms with van der Waals surface area (Å²) in [5.74, 6) is 6.73. The quantitative estimate of drug-likeness (QED) is 0.373. The molecule has 32 heavy (non-hydrogen) atoms. The van der Waals surface area contributed by atoms with Crippen LogP contribution in [0.1, 0.15) is 128 Å². The van der Waals surface area contributed by atoms with Gasteiger partial charge in [-0.05, 0) is 117 Å². The number of rotatable bonds is 9. The molecule has 0 N–H and O–H groups in total. The van der Waals surface area contributed by atoms with Crippen LogP contribution in [0.2, 0.25) is 0 Å². The van der Waals surface area contributed by atoms with Crippen molar-refractivity contribution in [3.05, 3.63) is 29.8 Å². The fraction of sp³-hybridized carbons (Fsp3) is 0.806. The van der Waals surface area contributed by atoms with E-state index in [1.807, 2.05) is 0 Å². The molecule has 0 saturated heterocycles. The third kappa shape index (κ3) is 6.77. The average molecular weight is 439 g/mol. The van der Waals surface area contributed by atoms with Crippen LogP contribution in [0.25, 0.3) is 0 Å². The molecule has 3 aliphatic carbocycles. The average Bonchev–Trinajstić information content (AvgIpc) is 2.85. The van der Waals surface area contributed by atoms with E-state index in [-0.39, 0.29) is 0 Å². The van der Waals surface area contributed by atoms with Crippen LogP contribution in [-0.2, 0) is 0 Å². The van der Waals surface area contributed by atoms with Crippen LogP contribution in [0.15, 0.2) is 24.3 Å². The standard InChI is InChI=1S/C31H50O/c1-3-5-24-7-13-27(14-8-24)29-17-11-26(12-18-29)23-32-31-21-19-30(20-22-31)28-15-9-25(6-4-2)10-16-28/h19-22,24-29H,3-18,23H2,1-2H3. The normalized spacial score (nSPS) is 33.7. The van der Waals surface area contributed by atoms with Crippen molar-refractivity contribution in [2.75, 3.05) is 6.61 Å². The van der Waals surface area contributed by atoms with E-state index in [9.17, 15) is 0 Å². The maximum absolute atomic E-state index is 6.26. The molecular weight excluding hydrogens is 388 g/mol. The van der Waals surface area contributed by atoms with Crippen LogP contribution in [0.5, 0.6) is 5.75 Å². The first-order valence-corrected chi connectivity index (χ1v) is 14.5. The van der Waals surface area contributed by atoms with Gasteiger partial charge in [-0.2, -0.15) is 0 Å². The molecule has 0 aliphatic heterocycles. The number of ether oxygens (including phenoxy) is 1. The molecule has 0 unspecified atom stereocenters. The molecule has 1 aromatic carbocycles. The zero-order valence-electron chi connectivity index (χ0n) is 21.2. The predicted molar refractivity (Wildman–Crippen MR) is 137 cm³/mol. The summed E-state index contributed by atoms with van der Waals surface area (Å²) in [5.41, 5.74) is 1.54. The van der Waals surface area contributed by atoms with Crippen molar-refractivity contribution in [2.45, 2.75) is 122 Å². The maximum Gasteiger partial charge on any atom is 0.119 e. The van der Waals surface area contributed by atoms with Crippen LogP contribution in [0.4, 0.5) is 0 Å². The number of benzene rings is 1. The van der Waals surface area contributed by atoms with E-state index in [1.165, 1.54) is 103 Å². The highest BCUT2D eigenvalue weighted by atomic mass is 16.5. The highest BCUT2D eigenvalue weighted by molar-refractivity contribution is 5.29. The number of hydrogen-bond acceptors (Lipinski definition) is 1. The molecular formula is C31H50O. The van der Waals surface area contributed by atoms with E-state index in [0.717, 1.165) is 47.9 Å². The van der Waals surface area contributed by atoms with Gasteiger partial charge < -0.3 is 4.74 Å². The Balaban J connectivity index is 1.14. The molecule has 0 bridgehead atoms. The summed E-state index contributed by atoms with van der Waals surface area (Å²) in [6.07, 6.45) is 23.0. The first-order chi connectivity index (χ1) is 15.7. The first-order valence-electron chi connectivity index (χ1n) is 14.5. The largest absolute Gasteiger partial charge is 0.493 e. The van der Waals surface area contributed by atoms with Crippen molar-refractivity contribution < 1.29 is 4.74 Å². The zero-order valence-corrected chi connectivity index (χ0v) is 21.2. The van der Waals surface area contributed by atoms with Gasteiger partial charge in [0.05, 0.1) is 6.61 Å². The maximum atomic E-state index is 6.26. The third-order valence-electron chi connectivity index (χ3n) is 9.53. The highest BCUT2D eigenvalue weighted by Crippen LogP contribution is 2.42. The summed E-state index contributed by atoms with van der Waals surface area (Å²) in [4.78, 5) is 0. The summed E-state index contributed by atoms with van der Waals surface area (Å²) >= 11 is 0. The Morgan fingerprint density at radius 1 is 0.594 bits per heavy atom. The van der Waals surface area contributed by atoms with Gasteiger partial charge in [0, 0.05) is 0 Å². The lowest BCUT2D eigenvalue weighted by Crippen LogP contribution is -2.27. The van der Waals surface area contributed by atoms with Gasteiger partial charge in [0.15, 0.2) is 0 Å². The van der Waals surface area contributed by atoms with Crippen LogP contribution < -0.4 is 4.74 Å². The lowest BCUT2D eigenvalue weighted by molar-refractivity contribution is 0.122. The molecule has 3 aliphatic rings. The van der Waals surface area contributed by atoms with Gasteiger partial charge in [0.1, 0.15) is 5.75 Å². The second kappa shape index (κ2) is 12.5. The Hall–Kier alpha value is -0.980. The molecule has 3 fully saturated rings. The second-order valence-electron chi connectivity index (χ2n) is 11.7. The smallest absolute Gasteiger partial charge is 0.119 e. The van der Waals surface area contributed by atoms with E-state index in [4.69, 9.17) is 4.74 Å². The molecule has 1 nitrogen and oxygen atoms in total. The van der Waals surface area contributed by atoms with E-state index in [1.54, 1.807) is 5.56 Å². The Labute approximate surface area is 199 Å². The van der Waals surface area contributed by atoms with E-state index in [0.29, 0.717) is 0 Å². The first kappa shape index (κ1) is 24.2. The summed E-state index contributed by atoms with van der Waals surface area (Å²) in [6.45, 7) is 5.61. The monoisotopic (exact) mass is 438 g/mol. The van der Waals surface area contributed by atoms with Crippen LogP contribution in [0, 0.1) is 29.6 Å². The molecule has 0 heterocycles. The van der Waals surface area contributed by atoms with Crippen LogP contribution in [0.3, 0.4) is 0 Å². The van der Waals surface area contributed by atoms with Crippen molar-refractivity contribution in [3.63, 3.8) is 0 Å². The van der Waals surface area contributed by atoms with Crippen molar-refractivity contribution >= 4 is 0 Å². The highest BCUT2D eigenvalue weighted by Gasteiger charge is 2.31. The van der Waals surface area contributed by atoms with Crippen molar-refractivity contribution in [1.29, 1.82) is 0 Å². The van der Waals surface area contributed by atoms with E-state index in [2.05, 4.69) is 38.1 Å². The van der Waals surface area contributed by atoms with Gasteiger partial charge in [-0.25, -0.2) is 0 Å². The molecule has 0 spiro atoms. The van der Waals surface area contributed by atoms with Gasteiger partial charge in [0.2, 0.25) is 0 Å². The van der Waals surface area contributed by atoms with Crippen molar-refractivity contribution in [2.24, 2.45) is 29.6 Å². The molecule has 0 amide bonds. The molecule has 0 atom stereocenters. The Morgan fingerprint density at radius 3 is 1.56 bits per heavy atom. The minimum absolute atomic E-state index is 0.774. The molecule has 3 saturated carbocycles. The van der Waals surface area contributed by atoms with Crippen LogP contribution in [-0.4, -0.2) is 6.61 Å².